The number of β-amino-alcohol motifs (C(OH)–C–C–N with tert-alkyl or cyclic N) is 1. The van der Waals surface area contributed by atoms with Gasteiger partial charge in [-0.05, 0) is 13.0 Å². The summed E-state index contributed by atoms with van der Waals surface area (Å²) >= 11 is 0. The maximum atomic E-state index is 9.19. The molecule has 3 N–H and O–H groups in total. The molecule has 0 radical (unpaired) electrons. The zero-order valence-corrected chi connectivity index (χ0v) is 4.81. The monoisotopic (exact) mass is 114 g/mol. The standard InChI is InChI=1S/C5H10N2O/c1-5(8)2-3-6-7-4-5/h2-3,6-8H,4H2,1H3. The molecule has 0 saturated carbocycles. The summed E-state index contributed by atoms with van der Waals surface area (Å²) < 4.78 is 0. The molecule has 0 aromatic heterocycles. The molecule has 1 heterocycles. The molecule has 8 heavy (non-hydrogen) atoms. The average molecular weight is 114 g/mol. The molecule has 1 unspecified atom stereocenters. The van der Waals surface area contributed by atoms with Crippen molar-refractivity contribution in [3.63, 3.8) is 0 Å². The van der Waals surface area contributed by atoms with E-state index in [4.69, 9.17) is 0 Å². The predicted molar refractivity (Wildman–Crippen MR) is 30.9 cm³/mol. The van der Waals surface area contributed by atoms with Gasteiger partial charge in [0.2, 0.25) is 0 Å². The Balaban J connectivity index is 2.56. The SMILES string of the molecule is CC1(O)C=CNNC1. The number of hydrazine groups is 1. The van der Waals surface area contributed by atoms with Crippen LogP contribution in [0.4, 0.5) is 0 Å². The van der Waals surface area contributed by atoms with Crippen molar-refractivity contribution in [3.8, 4) is 0 Å². The van der Waals surface area contributed by atoms with Crippen molar-refractivity contribution >= 4 is 0 Å². The fraction of sp³-hybridized carbons (Fsp3) is 0.600. The number of hydrogen-bond donors (Lipinski definition) is 3. The van der Waals surface area contributed by atoms with Gasteiger partial charge in [-0.15, -0.1) is 0 Å². The third-order valence-corrected chi connectivity index (χ3v) is 1.07. The normalized spacial score (nSPS) is 36.8. The van der Waals surface area contributed by atoms with E-state index in [2.05, 4.69) is 10.9 Å². The molecular formula is C5H10N2O. The molecule has 1 rings (SSSR count). The van der Waals surface area contributed by atoms with Crippen molar-refractivity contribution in [1.29, 1.82) is 0 Å². The molecule has 46 valence electrons. The van der Waals surface area contributed by atoms with Gasteiger partial charge in [0, 0.05) is 12.7 Å². The van der Waals surface area contributed by atoms with Gasteiger partial charge in [-0.3, -0.25) is 0 Å². The Morgan fingerprint density at radius 2 is 2.50 bits per heavy atom. The molecule has 0 bridgehead atoms. The summed E-state index contributed by atoms with van der Waals surface area (Å²) in [5, 5.41) is 9.19. The van der Waals surface area contributed by atoms with Crippen LogP contribution in [0.15, 0.2) is 12.3 Å². The van der Waals surface area contributed by atoms with Gasteiger partial charge in [-0.1, -0.05) is 0 Å². The molecule has 1 aliphatic heterocycles. The van der Waals surface area contributed by atoms with Gasteiger partial charge in [0.25, 0.3) is 0 Å². The number of hydrogen-bond acceptors (Lipinski definition) is 3. The third-order valence-electron chi connectivity index (χ3n) is 1.07. The number of nitrogens with one attached hydrogen (secondary N) is 2. The van der Waals surface area contributed by atoms with Crippen LogP contribution in [0.25, 0.3) is 0 Å². The van der Waals surface area contributed by atoms with Crippen molar-refractivity contribution in [2.45, 2.75) is 12.5 Å². The first-order valence-corrected chi connectivity index (χ1v) is 2.59. The van der Waals surface area contributed by atoms with Gasteiger partial charge in [0.15, 0.2) is 0 Å². The smallest absolute Gasteiger partial charge is 0.0959 e. The van der Waals surface area contributed by atoms with E-state index < -0.39 is 5.60 Å². The van der Waals surface area contributed by atoms with Crippen molar-refractivity contribution in [2.24, 2.45) is 0 Å². The fourth-order valence-electron chi connectivity index (χ4n) is 0.569. The molecule has 0 aromatic rings. The van der Waals surface area contributed by atoms with Crippen LogP contribution >= 0.6 is 0 Å². The van der Waals surface area contributed by atoms with Crippen molar-refractivity contribution in [1.82, 2.24) is 10.9 Å². The minimum atomic E-state index is -0.675. The van der Waals surface area contributed by atoms with E-state index >= 15 is 0 Å². The van der Waals surface area contributed by atoms with Crippen LogP contribution in [0, 0.1) is 0 Å². The summed E-state index contributed by atoms with van der Waals surface area (Å²) in [6, 6.07) is 0. The molecule has 0 aliphatic carbocycles. The van der Waals surface area contributed by atoms with Crippen LogP contribution in [-0.2, 0) is 0 Å². The van der Waals surface area contributed by atoms with Gasteiger partial charge in [-0.25, -0.2) is 5.43 Å². The van der Waals surface area contributed by atoms with Crippen molar-refractivity contribution in [2.75, 3.05) is 6.54 Å². The van der Waals surface area contributed by atoms with Crippen LogP contribution in [0.2, 0.25) is 0 Å². The first-order chi connectivity index (χ1) is 3.71. The Morgan fingerprint density at radius 1 is 1.75 bits per heavy atom. The maximum absolute atomic E-state index is 9.19. The largest absolute Gasteiger partial charge is 0.385 e. The summed E-state index contributed by atoms with van der Waals surface area (Å²) in [6.07, 6.45) is 3.40. The van der Waals surface area contributed by atoms with Crippen LogP contribution in [-0.4, -0.2) is 17.3 Å². The summed E-state index contributed by atoms with van der Waals surface area (Å²) in [5.41, 5.74) is 4.86. The van der Waals surface area contributed by atoms with Crippen LogP contribution in [0.1, 0.15) is 6.92 Å². The molecule has 3 nitrogen and oxygen atoms in total. The van der Waals surface area contributed by atoms with Gasteiger partial charge >= 0.3 is 0 Å². The molecule has 0 spiro atoms. The van der Waals surface area contributed by atoms with E-state index in [0.717, 1.165) is 0 Å². The van der Waals surface area contributed by atoms with Gasteiger partial charge in [-0.2, -0.15) is 0 Å². The molecule has 0 fully saturated rings. The van der Waals surface area contributed by atoms with E-state index in [1.54, 1.807) is 19.2 Å². The highest BCUT2D eigenvalue weighted by Gasteiger charge is 2.16. The summed E-state index contributed by atoms with van der Waals surface area (Å²) in [5.74, 6) is 0. The zero-order valence-electron chi connectivity index (χ0n) is 4.81. The highest BCUT2D eigenvalue weighted by molar-refractivity contribution is 5.00. The molecule has 0 amide bonds. The lowest BCUT2D eigenvalue weighted by Gasteiger charge is -2.23. The Morgan fingerprint density at radius 3 is 2.75 bits per heavy atom. The third kappa shape index (κ3) is 1.21. The number of aliphatic hydroxyl groups is 1. The van der Waals surface area contributed by atoms with Gasteiger partial charge in [0.05, 0.1) is 5.60 Å². The van der Waals surface area contributed by atoms with E-state index in [0.29, 0.717) is 6.54 Å². The molecule has 1 aliphatic rings. The summed E-state index contributed by atoms with van der Waals surface area (Å²) in [7, 11) is 0. The molecular weight excluding hydrogens is 104 g/mol. The molecule has 1 atom stereocenters. The number of rotatable bonds is 0. The van der Waals surface area contributed by atoms with Crippen LogP contribution in [0.3, 0.4) is 0 Å². The summed E-state index contributed by atoms with van der Waals surface area (Å²) in [4.78, 5) is 0. The van der Waals surface area contributed by atoms with Crippen LogP contribution < -0.4 is 10.9 Å². The minimum absolute atomic E-state index is 0.559. The van der Waals surface area contributed by atoms with E-state index in [1.807, 2.05) is 0 Å². The minimum Gasteiger partial charge on any atom is -0.385 e. The topological polar surface area (TPSA) is 44.3 Å². The van der Waals surface area contributed by atoms with Gasteiger partial charge in [0.1, 0.15) is 0 Å². The van der Waals surface area contributed by atoms with Crippen molar-refractivity contribution < 1.29 is 5.11 Å². The maximum Gasteiger partial charge on any atom is 0.0959 e. The van der Waals surface area contributed by atoms with Crippen molar-refractivity contribution in [3.05, 3.63) is 12.3 Å². The molecule has 0 aromatic carbocycles. The summed E-state index contributed by atoms with van der Waals surface area (Å²) in [6.45, 7) is 2.31. The van der Waals surface area contributed by atoms with E-state index in [9.17, 15) is 5.11 Å². The average Bonchev–Trinajstić information content (AvgIpc) is 1.65. The second-order valence-electron chi connectivity index (χ2n) is 2.19. The first kappa shape index (κ1) is 5.59. The van der Waals surface area contributed by atoms with E-state index in [-0.39, 0.29) is 0 Å². The lowest BCUT2D eigenvalue weighted by atomic mass is 10.1. The Bertz CT molecular complexity index is 109. The Kier molecular flexibility index (Phi) is 1.23. The molecule has 0 saturated heterocycles. The predicted octanol–water partition coefficient (Wildman–Crippen LogP) is -0.641. The fourth-order valence-corrected chi connectivity index (χ4v) is 0.569. The second kappa shape index (κ2) is 1.76. The first-order valence-electron chi connectivity index (χ1n) is 2.59. The lowest BCUT2D eigenvalue weighted by molar-refractivity contribution is 0.100. The highest BCUT2D eigenvalue weighted by atomic mass is 16.3. The zero-order chi connectivity index (χ0) is 6.04. The lowest BCUT2D eigenvalue weighted by Crippen LogP contribution is -2.45. The second-order valence-corrected chi connectivity index (χ2v) is 2.19. The Hall–Kier alpha value is -0.540. The van der Waals surface area contributed by atoms with E-state index in [1.165, 1.54) is 0 Å². The van der Waals surface area contributed by atoms with Crippen LogP contribution in [0.5, 0.6) is 0 Å². The Labute approximate surface area is 48.4 Å². The molecule has 3 heteroatoms. The van der Waals surface area contributed by atoms with Gasteiger partial charge < -0.3 is 10.5 Å². The highest BCUT2D eigenvalue weighted by Crippen LogP contribution is 2.03. The quantitative estimate of drug-likeness (QED) is 0.392.